The third-order valence-electron chi connectivity index (χ3n) is 7.92. The minimum absolute atomic E-state index is 0.961. The van der Waals surface area contributed by atoms with E-state index in [4.69, 9.17) is 4.98 Å². The molecule has 0 bridgehead atoms. The Morgan fingerprint density at radius 2 is 0.973 bits per heavy atom. The zero-order valence-electron chi connectivity index (χ0n) is 20.3. The fraction of sp³-hybridized carbons (Fsp3) is 0.0278. The maximum Gasteiger partial charge on any atom is 0.0712 e. The van der Waals surface area contributed by atoms with Gasteiger partial charge in [-0.15, -0.1) is 0 Å². The highest BCUT2D eigenvalue weighted by molar-refractivity contribution is 6.25. The van der Waals surface area contributed by atoms with Crippen molar-refractivity contribution in [1.29, 1.82) is 0 Å². The van der Waals surface area contributed by atoms with Crippen molar-refractivity contribution in [1.82, 2.24) is 4.98 Å². The number of pyridine rings is 1. The minimum Gasteiger partial charge on any atom is -0.248 e. The van der Waals surface area contributed by atoms with Gasteiger partial charge in [0.15, 0.2) is 0 Å². The average molecular weight is 470 g/mol. The largest absolute Gasteiger partial charge is 0.248 e. The highest BCUT2D eigenvalue weighted by Crippen LogP contribution is 2.42. The molecule has 0 saturated heterocycles. The maximum absolute atomic E-state index is 5.20. The van der Waals surface area contributed by atoms with Gasteiger partial charge in [-0.05, 0) is 79.2 Å². The molecule has 7 aromatic rings. The van der Waals surface area contributed by atoms with E-state index in [0.29, 0.717) is 0 Å². The number of nitrogens with zero attached hydrogens (tertiary/aromatic N) is 1. The molecule has 0 spiro atoms. The van der Waals surface area contributed by atoms with E-state index < -0.39 is 0 Å². The van der Waals surface area contributed by atoms with Gasteiger partial charge in [0.1, 0.15) is 0 Å². The summed E-state index contributed by atoms with van der Waals surface area (Å²) >= 11 is 0. The molecule has 1 aromatic heterocycles. The van der Waals surface area contributed by atoms with Crippen molar-refractivity contribution in [2.24, 2.45) is 0 Å². The van der Waals surface area contributed by atoms with Crippen LogP contribution >= 0.6 is 0 Å². The lowest BCUT2D eigenvalue weighted by Crippen LogP contribution is -1.93. The molecule has 0 N–H and O–H groups in total. The molecule has 0 atom stereocenters. The van der Waals surface area contributed by atoms with Gasteiger partial charge in [-0.1, -0.05) is 109 Å². The fourth-order valence-electron chi connectivity index (χ4n) is 6.21. The number of rotatable bonds is 2. The van der Waals surface area contributed by atoms with Crippen molar-refractivity contribution >= 4 is 32.3 Å². The summed E-state index contributed by atoms with van der Waals surface area (Å²) in [6.45, 7) is 0. The lowest BCUT2D eigenvalue weighted by molar-refractivity contribution is 1.24. The number of benzene rings is 6. The van der Waals surface area contributed by atoms with Crippen molar-refractivity contribution in [3.05, 3.63) is 139 Å². The van der Waals surface area contributed by atoms with E-state index in [9.17, 15) is 0 Å². The lowest BCUT2D eigenvalue weighted by atomic mass is 9.92. The third kappa shape index (κ3) is 3.07. The summed E-state index contributed by atoms with van der Waals surface area (Å²) in [5.74, 6) is 0. The van der Waals surface area contributed by atoms with Crippen LogP contribution in [-0.4, -0.2) is 4.98 Å². The average Bonchev–Trinajstić information content (AvgIpc) is 3.36. The van der Waals surface area contributed by atoms with Crippen molar-refractivity contribution in [3.63, 3.8) is 0 Å². The van der Waals surface area contributed by atoms with Gasteiger partial charge in [-0.3, -0.25) is 0 Å². The van der Waals surface area contributed by atoms with Crippen LogP contribution in [0.2, 0.25) is 0 Å². The molecule has 8 rings (SSSR count). The smallest absolute Gasteiger partial charge is 0.0712 e. The summed E-state index contributed by atoms with van der Waals surface area (Å²) < 4.78 is 0. The first-order valence-electron chi connectivity index (χ1n) is 12.9. The second-order valence-electron chi connectivity index (χ2n) is 9.93. The van der Waals surface area contributed by atoms with Crippen LogP contribution in [0.15, 0.2) is 127 Å². The number of hydrogen-bond donors (Lipinski definition) is 0. The molecule has 37 heavy (non-hydrogen) atoms. The maximum atomic E-state index is 5.20. The first-order valence-corrected chi connectivity index (χ1v) is 12.9. The molecule has 0 fully saturated rings. The zero-order valence-corrected chi connectivity index (χ0v) is 20.3. The molecule has 6 aromatic carbocycles. The summed E-state index contributed by atoms with van der Waals surface area (Å²) in [5.41, 5.74) is 9.88. The van der Waals surface area contributed by atoms with Crippen molar-refractivity contribution in [3.8, 4) is 33.6 Å². The molecule has 0 saturated carbocycles. The third-order valence-corrected chi connectivity index (χ3v) is 7.92. The molecule has 1 aliphatic rings. The molecule has 1 nitrogen and oxygen atoms in total. The first-order chi connectivity index (χ1) is 18.3. The molecular formula is C36H23N. The number of hydrogen-bond acceptors (Lipinski definition) is 1. The van der Waals surface area contributed by atoms with Crippen LogP contribution in [0, 0.1) is 0 Å². The quantitative estimate of drug-likeness (QED) is 0.230. The molecule has 1 heterocycles. The van der Waals surface area contributed by atoms with Crippen molar-refractivity contribution in [2.75, 3.05) is 0 Å². The highest BCUT2D eigenvalue weighted by Gasteiger charge is 2.21. The molecule has 1 heteroatoms. The minimum atomic E-state index is 0.961. The molecular weight excluding hydrogens is 446 g/mol. The molecule has 0 aliphatic heterocycles. The fourth-order valence-corrected chi connectivity index (χ4v) is 6.21. The van der Waals surface area contributed by atoms with Crippen LogP contribution in [0.3, 0.4) is 0 Å². The lowest BCUT2D eigenvalue weighted by Gasteiger charge is -2.13. The monoisotopic (exact) mass is 469 g/mol. The molecule has 0 radical (unpaired) electrons. The van der Waals surface area contributed by atoms with E-state index in [0.717, 1.165) is 23.4 Å². The van der Waals surface area contributed by atoms with Crippen LogP contribution in [0.25, 0.3) is 66.0 Å². The highest BCUT2D eigenvalue weighted by atomic mass is 14.7. The predicted molar refractivity (Wildman–Crippen MR) is 156 cm³/mol. The van der Waals surface area contributed by atoms with Gasteiger partial charge in [-0.2, -0.15) is 0 Å². The van der Waals surface area contributed by atoms with E-state index >= 15 is 0 Å². The van der Waals surface area contributed by atoms with Gasteiger partial charge < -0.3 is 0 Å². The Morgan fingerprint density at radius 1 is 0.405 bits per heavy atom. The normalized spacial score (nSPS) is 12.2. The molecule has 0 amide bonds. The number of fused-ring (bicyclic) bond motifs is 9. The first kappa shape index (κ1) is 20.4. The Balaban J connectivity index is 1.30. The van der Waals surface area contributed by atoms with E-state index in [2.05, 4.69) is 127 Å². The van der Waals surface area contributed by atoms with Crippen LogP contribution < -0.4 is 0 Å². The molecule has 0 unspecified atom stereocenters. The van der Waals surface area contributed by atoms with E-state index in [1.54, 1.807) is 0 Å². The summed E-state index contributed by atoms with van der Waals surface area (Å²) in [4.78, 5) is 5.20. The standard InChI is InChI=1S/C36H23N/c1-2-10-25-23(9-1)21-34-26(25)15-7-16-32(34)36-18-8-17-35(37-36)24-19-20-31-29-13-4-3-11-27(29)28-12-5-6-14-30(28)33(31)22-24/h1-20,22H,21H2. The summed E-state index contributed by atoms with van der Waals surface area (Å²) in [7, 11) is 0. The van der Waals surface area contributed by atoms with Gasteiger partial charge in [0, 0.05) is 11.1 Å². The van der Waals surface area contributed by atoms with Gasteiger partial charge in [0.2, 0.25) is 0 Å². The van der Waals surface area contributed by atoms with Crippen molar-refractivity contribution < 1.29 is 0 Å². The van der Waals surface area contributed by atoms with E-state index in [1.807, 2.05) is 0 Å². The Hall–Kier alpha value is -4.75. The SMILES string of the molecule is c1cc(-c2ccc3c4ccccc4c4ccccc4c3c2)nc(-c2cccc3c2Cc2ccccc2-3)c1. The van der Waals surface area contributed by atoms with Crippen LogP contribution in [0.4, 0.5) is 0 Å². The summed E-state index contributed by atoms with van der Waals surface area (Å²) in [5, 5.41) is 7.74. The topological polar surface area (TPSA) is 12.9 Å². The summed E-state index contributed by atoms with van der Waals surface area (Å²) in [6.07, 6.45) is 0.961. The Morgan fingerprint density at radius 3 is 1.76 bits per heavy atom. The van der Waals surface area contributed by atoms with Gasteiger partial charge in [-0.25, -0.2) is 4.98 Å². The van der Waals surface area contributed by atoms with Crippen LogP contribution in [0.1, 0.15) is 11.1 Å². The van der Waals surface area contributed by atoms with Crippen molar-refractivity contribution in [2.45, 2.75) is 6.42 Å². The van der Waals surface area contributed by atoms with Gasteiger partial charge in [0.05, 0.1) is 11.4 Å². The summed E-state index contributed by atoms with van der Waals surface area (Å²) in [6, 6.07) is 46.1. The van der Waals surface area contributed by atoms with Gasteiger partial charge in [0.25, 0.3) is 0 Å². The zero-order chi connectivity index (χ0) is 24.3. The van der Waals surface area contributed by atoms with E-state index in [-0.39, 0.29) is 0 Å². The second-order valence-corrected chi connectivity index (χ2v) is 9.93. The second kappa shape index (κ2) is 7.88. The van der Waals surface area contributed by atoms with Crippen LogP contribution in [0.5, 0.6) is 0 Å². The van der Waals surface area contributed by atoms with Gasteiger partial charge >= 0.3 is 0 Å². The Labute approximate surface area is 215 Å². The van der Waals surface area contributed by atoms with E-state index in [1.165, 1.54) is 60.1 Å². The molecule has 172 valence electrons. The van der Waals surface area contributed by atoms with Crippen LogP contribution in [-0.2, 0) is 6.42 Å². The Kier molecular flexibility index (Phi) is 4.35. The number of aromatic nitrogens is 1. The predicted octanol–water partition coefficient (Wildman–Crippen LogP) is 9.45. The molecule has 1 aliphatic carbocycles. The Bertz CT molecular complexity index is 1980.